The monoisotopic (exact) mass is 322 g/mol. The SMILES string of the molecule is Cn1c(CC(=O)N(Cc2ccccc2)c2ccccc2)n[nH]c1=O. The number of rotatable bonds is 5. The Morgan fingerprint density at radius 1 is 1.08 bits per heavy atom. The molecule has 0 atom stereocenters. The van der Waals surface area contributed by atoms with Crippen molar-refractivity contribution in [2.75, 3.05) is 4.90 Å². The second kappa shape index (κ2) is 6.95. The molecule has 122 valence electrons. The molecule has 0 radical (unpaired) electrons. The van der Waals surface area contributed by atoms with Crippen LogP contribution in [0.1, 0.15) is 11.4 Å². The van der Waals surface area contributed by atoms with Crippen molar-refractivity contribution in [1.82, 2.24) is 14.8 Å². The fraction of sp³-hybridized carbons (Fsp3) is 0.167. The van der Waals surface area contributed by atoms with Crippen LogP contribution in [-0.4, -0.2) is 20.7 Å². The summed E-state index contributed by atoms with van der Waals surface area (Å²) in [6.45, 7) is 0.460. The highest BCUT2D eigenvalue weighted by atomic mass is 16.2. The topological polar surface area (TPSA) is 71.0 Å². The number of aromatic amines is 1. The Morgan fingerprint density at radius 3 is 2.29 bits per heavy atom. The molecular weight excluding hydrogens is 304 g/mol. The van der Waals surface area contributed by atoms with Crippen molar-refractivity contribution in [2.24, 2.45) is 7.05 Å². The first-order valence-electron chi connectivity index (χ1n) is 7.65. The lowest BCUT2D eigenvalue weighted by Crippen LogP contribution is -2.32. The van der Waals surface area contributed by atoms with Gasteiger partial charge in [0.15, 0.2) is 0 Å². The number of benzene rings is 2. The summed E-state index contributed by atoms with van der Waals surface area (Å²) >= 11 is 0. The van der Waals surface area contributed by atoms with Gasteiger partial charge in [0.25, 0.3) is 0 Å². The van der Waals surface area contributed by atoms with E-state index in [9.17, 15) is 9.59 Å². The number of nitrogens with zero attached hydrogens (tertiary/aromatic N) is 3. The van der Waals surface area contributed by atoms with Crippen LogP contribution in [0.2, 0.25) is 0 Å². The number of nitrogens with one attached hydrogen (secondary N) is 1. The van der Waals surface area contributed by atoms with Crippen LogP contribution >= 0.6 is 0 Å². The third kappa shape index (κ3) is 3.43. The number of H-pyrrole nitrogens is 1. The zero-order valence-corrected chi connectivity index (χ0v) is 13.3. The quantitative estimate of drug-likeness (QED) is 0.780. The molecule has 0 aliphatic rings. The van der Waals surface area contributed by atoms with Gasteiger partial charge in [-0.3, -0.25) is 9.36 Å². The van der Waals surface area contributed by atoms with Gasteiger partial charge in [-0.2, -0.15) is 5.10 Å². The first-order valence-corrected chi connectivity index (χ1v) is 7.65. The summed E-state index contributed by atoms with van der Waals surface area (Å²) in [6.07, 6.45) is 0.0525. The lowest BCUT2D eigenvalue weighted by molar-refractivity contribution is -0.118. The van der Waals surface area contributed by atoms with Gasteiger partial charge in [-0.1, -0.05) is 48.5 Å². The molecule has 1 amide bonds. The van der Waals surface area contributed by atoms with Crippen molar-refractivity contribution < 1.29 is 4.79 Å². The average Bonchev–Trinajstić information content (AvgIpc) is 2.93. The van der Waals surface area contributed by atoms with Crippen LogP contribution in [0.25, 0.3) is 0 Å². The Balaban J connectivity index is 1.87. The third-order valence-corrected chi connectivity index (χ3v) is 3.83. The standard InChI is InChI=1S/C18H18N4O2/c1-21-16(19-20-18(21)24)12-17(23)22(15-10-6-3-7-11-15)13-14-8-4-2-5-9-14/h2-11H,12-13H2,1H3,(H,20,24). The van der Waals surface area contributed by atoms with Crippen molar-refractivity contribution in [2.45, 2.75) is 13.0 Å². The maximum Gasteiger partial charge on any atom is 0.343 e. The first-order chi connectivity index (χ1) is 11.6. The molecule has 0 bridgehead atoms. The lowest BCUT2D eigenvalue weighted by atomic mass is 10.2. The number of carbonyl (C=O) groups excluding carboxylic acids is 1. The summed E-state index contributed by atoms with van der Waals surface area (Å²) in [7, 11) is 1.60. The number of para-hydroxylation sites is 1. The van der Waals surface area contributed by atoms with Gasteiger partial charge in [0, 0.05) is 12.7 Å². The molecule has 24 heavy (non-hydrogen) atoms. The Labute approximate surface area is 139 Å². The molecule has 0 aliphatic carbocycles. The predicted molar refractivity (Wildman–Crippen MR) is 91.6 cm³/mol. The summed E-state index contributed by atoms with van der Waals surface area (Å²) in [5.74, 6) is 0.297. The summed E-state index contributed by atoms with van der Waals surface area (Å²) in [4.78, 5) is 26.0. The second-order valence-electron chi connectivity index (χ2n) is 5.48. The zero-order valence-electron chi connectivity index (χ0n) is 13.3. The van der Waals surface area contributed by atoms with Gasteiger partial charge < -0.3 is 4.90 Å². The van der Waals surface area contributed by atoms with E-state index in [-0.39, 0.29) is 18.0 Å². The van der Waals surface area contributed by atoms with Crippen molar-refractivity contribution in [3.8, 4) is 0 Å². The number of amides is 1. The van der Waals surface area contributed by atoms with Crippen molar-refractivity contribution in [3.63, 3.8) is 0 Å². The number of carbonyl (C=O) groups is 1. The van der Waals surface area contributed by atoms with Crippen LogP contribution < -0.4 is 10.6 Å². The van der Waals surface area contributed by atoms with E-state index in [1.54, 1.807) is 11.9 Å². The molecule has 0 saturated carbocycles. The minimum absolute atomic E-state index is 0.0525. The molecule has 1 aromatic heterocycles. The molecule has 2 aromatic carbocycles. The highest BCUT2D eigenvalue weighted by Gasteiger charge is 2.19. The molecule has 3 rings (SSSR count). The molecular formula is C18H18N4O2. The molecule has 0 aliphatic heterocycles. The van der Waals surface area contributed by atoms with E-state index in [0.29, 0.717) is 12.4 Å². The number of anilines is 1. The summed E-state index contributed by atoms with van der Waals surface area (Å²) in [5, 5.41) is 6.27. The van der Waals surface area contributed by atoms with Crippen LogP contribution in [-0.2, 0) is 24.8 Å². The molecule has 6 nitrogen and oxygen atoms in total. The smallest absolute Gasteiger partial charge is 0.308 e. The minimum atomic E-state index is -0.327. The molecule has 0 fully saturated rings. The van der Waals surface area contributed by atoms with Crippen LogP contribution in [0.5, 0.6) is 0 Å². The van der Waals surface area contributed by atoms with E-state index >= 15 is 0 Å². The summed E-state index contributed by atoms with van der Waals surface area (Å²) < 4.78 is 1.35. The summed E-state index contributed by atoms with van der Waals surface area (Å²) in [5.41, 5.74) is 1.52. The minimum Gasteiger partial charge on any atom is -0.308 e. The molecule has 1 heterocycles. The molecule has 3 aromatic rings. The Kier molecular flexibility index (Phi) is 4.56. The normalized spacial score (nSPS) is 10.5. The third-order valence-electron chi connectivity index (χ3n) is 3.83. The van der Waals surface area contributed by atoms with E-state index in [4.69, 9.17) is 0 Å². The van der Waals surface area contributed by atoms with E-state index in [1.807, 2.05) is 60.7 Å². The van der Waals surface area contributed by atoms with Crippen LogP contribution in [0, 0.1) is 0 Å². The molecule has 0 unspecified atom stereocenters. The van der Waals surface area contributed by atoms with Crippen LogP contribution in [0.3, 0.4) is 0 Å². The van der Waals surface area contributed by atoms with Gasteiger partial charge >= 0.3 is 5.69 Å². The highest BCUT2D eigenvalue weighted by Crippen LogP contribution is 2.18. The predicted octanol–water partition coefficient (Wildman–Crippen LogP) is 1.88. The summed E-state index contributed by atoms with van der Waals surface area (Å²) in [6, 6.07) is 19.3. The fourth-order valence-electron chi connectivity index (χ4n) is 2.47. The molecule has 1 N–H and O–H groups in total. The van der Waals surface area contributed by atoms with Gasteiger partial charge in [-0.15, -0.1) is 0 Å². The highest BCUT2D eigenvalue weighted by molar-refractivity contribution is 5.94. The van der Waals surface area contributed by atoms with Crippen LogP contribution in [0.15, 0.2) is 65.5 Å². The number of hydrogen-bond acceptors (Lipinski definition) is 3. The number of hydrogen-bond donors (Lipinski definition) is 1. The Bertz CT molecular complexity index is 869. The zero-order chi connectivity index (χ0) is 16.9. The van der Waals surface area contributed by atoms with E-state index in [0.717, 1.165) is 11.3 Å². The van der Waals surface area contributed by atoms with Gasteiger partial charge in [0.2, 0.25) is 5.91 Å². The lowest BCUT2D eigenvalue weighted by Gasteiger charge is -2.23. The fourth-order valence-corrected chi connectivity index (χ4v) is 2.47. The van der Waals surface area contributed by atoms with Crippen molar-refractivity contribution in [3.05, 3.63) is 82.5 Å². The largest absolute Gasteiger partial charge is 0.343 e. The maximum absolute atomic E-state index is 12.8. The Morgan fingerprint density at radius 2 is 1.71 bits per heavy atom. The number of aromatic nitrogens is 3. The second-order valence-corrected chi connectivity index (χ2v) is 5.48. The molecule has 0 saturated heterocycles. The van der Waals surface area contributed by atoms with Crippen molar-refractivity contribution in [1.29, 1.82) is 0 Å². The van der Waals surface area contributed by atoms with Gasteiger partial charge in [0.05, 0.1) is 13.0 Å². The first kappa shape index (κ1) is 15.7. The van der Waals surface area contributed by atoms with Gasteiger partial charge in [-0.25, -0.2) is 9.89 Å². The van der Waals surface area contributed by atoms with E-state index in [1.165, 1.54) is 4.57 Å². The van der Waals surface area contributed by atoms with Crippen molar-refractivity contribution >= 4 is 11.6 Å². The van der Waals surface area contributed by atoms with Gasteiger partial charge in [-0.05, 0) is 17.7 Å². The molecule has 0 spiro atoms. The van der Waals surface area contributed by atoms with E-state index < -0.39 is 0 Å². The van der Waals surface area contributed by atoms with E-state index in [2.05, 4.69) is 10.2 Å². The van der Waals surface area contributed by atoms with Gasteiger partial charge in [0.1, 0.15) is 5.82 Å². The molecule has 6 heteroatoms. The maximum atomic E-state index is 12.8. The Hall–Kier alpha value is -3.15. The average molecular weight is 322 g/mol. The van der Waals surface area contributed by atoms with Crippen LogP contribution in [0.4, 0.5) is 5.69 Å².